The van der Waals surface area contributed by atoms with Crippen LogP contribution in [0.4, 0.5) is 11.4 Å². The normalized spacial score (nSPS) is 11.7. The summed E-state index contributed by atoms with van der Waals surface area (Å²) in [5.74, 6) is 0.226. The van der Waals surface area contributed by atoms with Crippen molar-refractivity contribution in [1.29, 1.82) is 0 Å². The number of non-ortho nitro benzene ring substituents is 1. The van der Waals surface area contributed by atoms with Crippen molar-refractivity contribution in [2.75, 3.05) is 5.32 Å². The Labute approximate surface area is 144 Å². The van der Waals surface area contributed by atoms with Gasteiger partial charge in [-0.1, -0.05) is 11.6 Å². The predicted molar refractivity (Wildman–Crippen MR) is 92.7 cm³/mol. The van der Waals surface area contributed by atoms with Gasteiger partial charge in [0, 0.05) is 22.8 Å². The molecule has 6 nitrogen and oxygen atoms in total. The molecule has 126 valence electrons. The largest absolute Gasteiger partial charge is 0.481 e. The number of amides is 1. The van der Waals surface area contributed by atoms with Gasteiger partial charge in [-0.25, -0.2) is 0 Å². The third kappa shape index (κ3) is 4.23. The van der Waals surface area contributed by atoms with Gasteiger partial charge in [0.2, 0.25) is 0 Å². The van der Waals surface area contributed by atoms with Crippen LogP contribution in [-0.4, -0.2) is 16.9 Å². The Morgan fingerprint density at radius 1 is 1.21 bits per heavy atom. The molecular weight excluding hydrogens is 332 g/mol. The minimum Gasteiger partial charge on any atom is -0.481 e. The molecule has 0 bridgehead atoms. The molecule has 0 aromatic heterocycles. The molecule has 1 amide bonds. The summed E-state index contributed by atoms with van der Waals surface area (Å²) in [6.45, 7) is 5.16. The van der Waals surface area contributed by atoms with Crippen LogP contribution in [0.1, 0.15) is 18.1 Å². The van der Waals surface area contributed by atoms with Gasteiger partial charge in [-0.05, 0) is 56.2 Å². The molecular formula is C17H17ClN2O4. The van der Waals surface area contributed by atoms with E-state index in [0.717, 1.165) is 5.56 Å². The summed E-state index contributed by atoms with van der Waals surface area (Å²) in [7, 11) is 0. The summed E-state index contributed by atoms with van der Waals surface area (Å²) >= 11 is 5.89. The van der Waals surface area contributed by atoms with Gasteiger partial charge in [0.15, 0.2) is 6.10 Å². The second kappa shape index (κ2) is 7.31. The van der Waals surface area contributed by atoms with E-state index in [1.165, 1.54) is 18.2 Å². The van der Waals surface area contributed by atoms with Gasteiger partial charge in [-0.2, -0.15) is 0 Å². The predicted octanol–water partition coefficient (Wildman–Crippen LogP) is 4.27. The van der Waals surface area contributed by atoms with E-state index in [-0.39, 0.29) is 11.6 Å². The van der Waals surface area contributed by atoms with Gasteiger partial charge >= 0.3 is 0 Å². The number of hydrogen-bond acceptors (Lipinski definition) is 4. The van der Waals surface area contributed by atoms with Crippen molar-refractivity contribution in [3.8, 4) is 5.75 Å². The molecule has 0 spiro atoms. The Balaban J connectivity index is 2.07. The number of anilines is 1. The van der Waals surface area contributed by atoms with Crippen molar-refractivity contribution < 1.29 is 14.5 Å². The van der Waals surface area contributed by atoms with Crippen LogP contribution in [0.2, 0.25) is 5.02 Å². The van der Waals surface area contributed by atoms with E-state index in [4.69, 9.17) is 16.3 Å². The van der Waals surface area contributed by atoms with Crippen LogP contribution in [0.25, 0.3) is 0 Å². The van der Waals surface area contributed by atoms with E-state index < -0.39 is 11.0 Å². The molecule has 2 aromatic rings. The maximum absolute atomic E-state index is 12.3. The van der Waals surface area contributed by atoms with E-state index in [2.05, 4.69) is 5.32 Å². The van der Waals surface area contributed by atoms with Gasteiger partial charge in [0.1, 0.15) is 5.75 Å². The Kier molecular flexibility index (Phi) is 5.41. The first kappa shape index (κ1) is 17.7. The van der Waals surface area contributed by atoms with Crippen LogP contribution in [0.15, 0.2) is 36.4 Å². The maximum atomic E-state index is 12.3. The van der Waals surface area contributed by atoms with E-state index in [0.29, 0.717) is 22.0 Å². The molecule has 7 heteroatoms. The van der Waals surface area contributed by atoms with Crippen molar-refractivity contribution in [3.63, 3.8) is 0 Å². The van der Waals surface area contributed by atoms with E-state index in [1.54, 1.807) is 32.0 Å². The fraction of sp³-hybridized carbons (Fsp3) is 0.235. The number of nitro benzene ring substituents is 1. The number of nitrogens with one attached hydrogen (secondary N) is 1. The van der Waals surface area contributed by atoms with E-state index in [1.807, 2.05) is 6.92 Å². The molecule has 2 aromatic carbocycles. The number of carbonyl (C=O) groups excluding carboxylic acids is 1. The number of halogens is 1. The van der Waals surface area contributed by atoms with Crippen LogP contribution < -0.4 is 10.1 Å². The van der Waals surface area contributed by atoms with Gasteiger partial charge in [0.05, 0.1) is 4.92 Å². The summed E-state index contributed by atoms with van der Waals surface area (Å²) in [5, 5.41) is 14.1. The summed E-state index contributed by atoms with van der Waals surface area (Å²) in [5.41, 5.74) is 1.92. The molecule has 0 radical (unpaired) electrons. The average Bonchev–Trinajstić information content (AvgIpc) is 2.51. The van der Waals surface area contributed by atoms with Crippen LogP contribution >= 0.6 is 11.6 Å². The van der Waals surface area contributed by atoms with Gasteiger partial charge in [-0.3, -0.25) is 14.9 Å². The molecule has 0 saturated carbocycles. The second-order valence-corrected chi connectivity index (χ2v) is 5.85. The topological polar surface area (TPSA) is 81.5 Å². The monoisotopic (exact) mass is 348 g/mol. The number of ether oxygens (including phenoxy) is 1. The Morgan fingerprint density at radius 3 is 2.50 bits per heavy atom. The zero-order valence-corrected chi connectivity index (χ0v) is 14.3. The first-order valence-electron chi connectivity index (χ1n) is 7.26. The van der Waals surface area contributed by atoms with Gasteiger partial charge in [-0.15, -0.1) is 0 Å². The van der Waals surface area contributed by atoms with Crippen LogP contribution in [0.3, 0.4) is 0 Å². The highest BCUT2D eigenvalue weighted by atomic mass is 35.5. The SMILES string of the molecule is Cc1cc([N+](=O)[O-])ccc1NC(=O)[C@@H](C)Oc1ccc(Cl)cc1C. The van der Waals surface area contributed by atoms with E-state index >= 15 is 0 Å². The lowest BCUT2D eigenvalue weighted by atomic mass is 10.1. The third-order valence-electron chi connectivity index (χ3n) is 3.49. The molecule has 0 unspecified atom stereocenters. The quantitative estimate of drug-likeness (QED) is 0.646. The summed E-state index contributed by atoms with van der Waals surface area (Å²) in [6.07, 6.45) is -0.737. The number of benzene rings is 2. The lowest BCUT2D eigenvalue weighted by Crippen LogP contribution is -2.30. The van der Waals surface area contributed by atoms with Crippen molar-refractivity contribution in [1.82, 2.24) is 0 Å². The minimum atomic E-state index is -0.737. The van der Waals surface area contributed by atoms with Gasteiger partial charge < -0.3 is 10.1 Å². The summed E-state index contributed by atoms with van der Waals surface area (Å²) in [4.78, 5) is 22.5. The molecule has 0 heterocycles. The Hall–Kier alpha value is -2.60. The molecule has 0 fully saturated rings. The molecule has 0 aliphatic heterocycles. The zero-order valence-electron chi connectivity index (χ0n) is 13.5. The minimum absolute atomic E-state index is 0.0217. The van der Waals surface area contributed by atoms with Crippen molar-refractivity contribution >= 4 is 28.9 Å². The smallest absolute Gasteiger partial charge is 0.269 e. The maximum Gasteiger partial charge on any atom is 0.269 e. The molecule has 1 atom stereocenters. The lowest BCUT2D eigenvalue weighted by molar-refractivity contribution is -0.384. The highest BCUT2D eigenvalue weighted by Crippen LogP contribution is 2.24. The first-order valence-corrected chi connectivity index (χ1v) is 7.64. The molecule has 2 rings (SSSR count). The average molecular weight is 349 g/mol. The standard InChI is InChI=1S/C17H17ClN2O4/c1-10-9-14(20(22)23)5-6-15(10)19-17(21)12(3)24-16-7-4-13(18)8-11(16)2/h4-9,12H,1-3H3,(H,19,21)/t12-/m1/s1. The fourth-order valence-electron chi connectivity index (χ4n) is 2.13. The summed E-state index contributed by atoms with van der Waals surface area (Å²) in [6, 6.07) is 9.41. The first-order chi connectivity index (χ1) is 11.3. The van der Waals surface area contributed by atoms with Crippen molar-refractivity contribution in [2.45, 2.75) is 26.9 Å². The number of rotatable bonds is 5. The van der Waals surface area contributed by atoms with Crippen LogP contribution in [0, 0.1) is 24.0 Å². The number of nitro groups is 1. The lowest BCUT2D eigenvalue weighted by Gasteiger charge is -2.17. The molecule has 24 heavy (non-hydrogen) atoms. The fourth-order valence-corrected chi connectivity index (χ4v) is 2.35. The van der Waals surface area contributed by atoms with E-state index in [9.17, 15) is 14.9 Å². The Bertz CT molecular complexity index is 792. The molecule has 0 saturated heterocycles. The second-order valence-electron chi connectivity index (χ2n) is 5.42. The highest BCUT2D eigenvalue weighted by molar-refractivity contribution is 6.30. The zero-order chi connectivity index (χ0) is 17.9. The molecule has 0 aliphatic rings. The van der Waals surface area contributed by atoms with Crippen molar-refractivity contribution in [3.05, 3.63) is 62.7 Å². The number of carbonyl (C=O) groups is 1. The van der Waals surface area contributed by atoms with Crippen LogP contribution in [-0.2, 0) is 4.79 Å². The molecule has 1 N–H and O–H groups in total. The Morgan fingerprint density at radius 2 is 1.92 bits per heavy atom. The highest BCUT2D eigenvalue weighted by Gasteiger charge is 2.17. The summed E-state index contributed by atoms with van der Waals surface area (Å²) < 4.78 is 5.66. The van der Waals surface area contributed by atoms with Crippen molar-refractivity contribution in [2.24, 2.45) is 0 Å². The third-order valence-corrected chi connectivity index (χ3v) is 3.72. The van der Waals surface area contributed by atoms with Gasteiger partial charge in [0.25, 0.3) is 11.6 Å². The van der Waals surface area contributed by atoms with Crippen LogP contribution in [0.5, 0.6) is 5.75 Å². The number of nitrogens with zero attached hydrogens (tertiary/aromatic N) is 1. The number of hydrogen-bond donors (Lipinski definition) is 1. The number of aryl methyl sites for hydroxylation is 2. The molecule has 0 aliphatic carbocycles.